The minimum atomic E-state index is -1.21. The van der Waals surface area contributed by atoms with Gasteiger partial charge in [0.1, 0.15) is 5.54 Å². The summed E-state index contributed by atoms with van der Waals surface area (Å²) in [6, 6.07) is 9.90. The topological polar surface area (TPSA) is 60.9 Å². The molecule has 1 aromatic carbocycles. The lowest BCUT2D eigenvalue weighted by Gasteiger charge is -2.34. The summed E-state index contributed by atoms with van der Waals surface area (Å²) in [4.78, 5) is 26.8. The summed E-state index contributed by atoms with van der Waals surface area (Å²) in [5.74, 6) is -0.673. The van der Waals surface area contributed by atoms with Crippen molar-refractivity contribution < 1.29 is 14.7 Å². The molecule has 2 amide bonds. The van der Waals surface area contributed by atoms with Crippen LogP contribution in [0.5, 0.6) is 0 Å². The van der Waals surface area contributed by atoms with Crippen molar-refractivity contribution in [1.82, 2.24) is 9.80 Å². The summed E-state index contributed by atoms with van der Waals surface area (Å²) < 4.78 is 0. The molecule has 0 aromatic heterocycles. The first-order valence-electron chi connectivity index (χ1n) is 7.15. The molecule has 1 N–H and O–H groups in total. The molecule has 0 spiro atoms. The van der Waals surface area contributed by atoms with E-state index in [0.29, 0.717) is 19.0 Å². The van der Waals surface area contributed by atoms with Gasteiger partial charge in [-0.1, -0.05) is 30.3 Å². The second kappa shape index (κ2) is 5.76. The molecule has 0 aliphatic carbocycles. The zero-order valence-corrected chi connectivity index (χ0v) is 12.7. The second-order valence-electron chi connectivity index (χ2n) is 6.05. The van der Waals surface area contributed by atoms with Crippen LogP contribution in [0.3, 0.4) is 0 Å². The number of rotatable bonds is 3. The van der Waals surface area contributed by atoms with Gasteiger partial charge >= 0.3 is 12.0 Å². The Balaban J connectivity index is 2.04. The highest BCUT2D eigenvalue weighted by atomic mass is 16.4. The number of amides is 2. The minimum absolute atomic E-state index is 0.221. The molecule has 1 aliphatic heterocycles. The van der Waals surface area contributed by atoms with Crippen molar-refractivity contribution >= 4 is 12.0 Å². The fourth-order valence-corrected chi connectivity index (χ4v) is 2.53. The number of hydrogen-bond donors (Lipinski definition) is 1. The highest BCUT2D eigenvalue weighted by Crippen LogP contribution is 2.28. The molecule has 21 heavy (non-hydrogen) atoms. The number of likely N-dealkylation sites (N-methyl/N-ethyl adjacent to an activating group) is 1. The van der Waals surface area contributed by atoms with E-state index in [4.69, 9.17) is 0 Å². The summed E-state index contributed by atoms with van der Waals surface area (Å²) in [5.41, 5.74) is 0.0231. The van der Waals surface area contributed by atoms with Crippen molar-refractivity contribution in [3.63, 3.8) is 0 Å². The largest absolute Gasteiger partial charge is 0.480 e. The SMILES string of the molecule is CN(C(=O)N1CCC(c2ccccc2)C1)C(C)(C)C(=O)O. The van der Waals surface area contributed by atoms with E-state index in [1.165, 1.54) is 24.3 Å². The molecule has 1 aliphatic rings. The van der Waals surface area contributed by atoms with Crippen LogP contribution >= 0.6 is 0 Å². The molecule has 1 atom stereocenters. The monoisotopic (exact) mass is 290 g/mol. The molecular weight excluding hydrogens is 268 g/mol. The van der Waals surface area contributed by atoms with Gasteiger partial charge in [0.25, 0.3) is 0 Å². The molecule has 5 nitrogen and oxygen atoms in total. The van der Waals surface area contributed by atoms with Crippen LogP contribution in [0.25, 0.3) is 0 Å². The number of aliphatic carboxylic acids is 1. The number of nitrogens with zero attached hydrogens (tertiary/aromatic N) is 2. The van der Waals surface area contributed by atoms with E-state index in [1.807, 2.05) is 18.2 Å². The third kappa shape index (κ3) is 3.01. The van der Waals surface area contributed by atoms with Crippen molar-refractivity contribution in [2.24, 2.45) is 0 Å². The lowest BCUT2D eigenvalue weighted by Crippen LogP contribution is -2.54. The third-order valence-electron chi connectivity index (χ3n) is 4.38. The molecule has 0 radical (unpaired) electrons. The van der Waals surface area contributed by atoms with E-state index in [-0.39, 0.29) is 6.03 Å². The zero-order valence-electron chi connectivity index (χ0n) is 12.7. The lowest BCUT2D eigenvalue weighted by molar-refractivity contribution is -0.147. The molecule has 1 fully saturated rings. The molecule has 114 valence electrons. The smallest absolute Gasteiger partial charge is 0.329 e. The van der Waals surface area contributed by atoms with E-state index in [0.717, 1.165) is 6.42 Å². The van der Waals surface area contributed by atoms with Crippen molar-refractivity contribution in [1.29, 1.82) is 0 Å². The number of carbonyl (C=O) groups is 2. The van der Waals surface area contributed by atoms with Gasteiger partial charge < -0.3 is 14.9 Å². The van der Waals surface area contributed by atoms with Gasteiger partial charge in [0.2, 0.25) is 0 Å². The normalized spacial score (nSPS) is 18.6. The fourth-order valence-electron chi connectivity index (χ4n) is 2.53. The Hall–Kier alpha value is -2.04. The van der Waals surface area contributed by atoms with Gasteiger partial charge in [-0.2, -0.15) is 0 Å². The Morgan fingerprint density at radius 2 is 1.90 bits per heavy atom. The number of likely N-dealkylation sites (tertiary alicyclic amines) is 1. The number of carboxylic acid groups (broad SMARTS) is 1. The molecule has 5 heteroatoms. The van der Waals surface area contributed by atoms with Gasteiger partial charge in [-0.25, -0.2) is 9.59 Å². The van der Waals surface area contributed by atoms with Crippen LogP contribution in [-0.4, -0.2) is 52.6 Å². The maximum Gasteiger partial charge on any atom is 0.329 e. The van der Waals surface area contributed by atoms with Crippen LogP contribution in [0.2, 0.25) is 0 Å². The maximum absolute atomic E-state index is 12.5. The lowest BCUT2D eigenvalue weighted by atomic mass is 9.99. The van der Waals surface area contributed by atoms with Crippen molar-refractivity contribution in [3.05, 3.63) is 35.9 Å². The van der Waals surface area contributed by atoms with Crippen LogP contribution < -0.4 is 0 Å². The average Bonchev–Trinajstić information content (AvgIpc) is 2.96. The fraction of sp³-hybridized carbons (Fsp3) is 0.500. The zero-order chi connectivity index (χ0) is 15.6. The van der Waals surface area contributed by atoms with Gasteiger partial charge in [-0.3, -0.25) is 0 Å². The van der Waals surface area contributed by atoms with Crippen molar-refractivity contribution in [2.45, 2.75) is 31.7 Å². The molecule has 1 heterocycles. The third-order valence-corrected chi connectivity index (χ3v) is 4.38. The highest BCUT2D eigenvalue weighted by molar-refractivity contribution is 5.85. The Bertz CT molecular complexity index is 528. The Morgan fingerprint density at radius 1 is 1.29 bits per heavy atom. The summed E-state index contributed by atoms with van der Waals surface area (Å²) in [6.45, 7) is 4.39. The summed E-state index contributed by atoms with van der Waals surface area (Å²) in [6.07, 6.45) is 0.914. The van der Waals surface area contributed by atoms with Crippen LogP contribution in [-0.2, 0) is 4.79 Å². The van der Waals surface area contributed by atoms with Gasteiger partial charge in [0.05, 0.1) is 0 Å². The minimum Gasteiger partial charge on any atom is -0.480 e. The van der Waals surface area contributed by atoms with Crippen LogP contribution in [0.15, 0.2) is 30.3 Å². The number of hydrogen-bond acceptors (Lipinski definition) is 2. The Morgan fingerprint density at radius 3 is 2.48 bits per heavy atom. The maximum atomic E-state index is 12.5. The predicted molar refractivity (Wildman–Crippen MR) is 80.2 cm³/mol. The van der Waals surface area contributed by atoms with Crippen molar-refractivity contribution in [2.75, 3.05) is 20.1 Å². The van der Waals surface area contributed by atoms with Crippen LogP contribution in [0.1, 0.15) is 31.7 Å². The summed E-state index contributed by atoms with van der Waals surface area (Å²) in [5, 5.41) is 9.22. The first-order chi connectivity index (χ1) is 9.84. The Labute approximate surface area is 125 Å². The number of benzene rings is 1. The second-order valence-corrected chi connectivity index (χ2v) is 6.05. The van der Waals surface area contributed by atoms with Crippen LogP contribution in [0.4, 0.5) is 4.79 Å². The number of carbonyl (C=O) groups excluding carboxylic acids is 1. The molecule has 1 saturated heterocycles. The van der Waals surface area contributed by atoms with E-state index in [2.05, 4.69) is 12.1 Å². The first kappa shape index (κ1) is 15.4. The van der Waals surface area contributed by atoms with Crippen molar-refractivity contribution in [3.8, 4) is 0 Å². The highest BCUT2D eigenvalue weighted by Gasteiger charge is 2.39. The standard InChI is InChI=1S/C16H22N2O3/c1-16(2,14(19)20)17(3)15(21)18-10-9-13(11-18)12-7-5-4-6-8-12/h4-8,13H,9-11H2,1-3H3,(H,19,20). The van der Waals surface area contributed by atoms with Gasteiger partial charge in [0.15, 0.2) is 0 Å². The van der Waals surface area contributed by atoms with E-state index in [9.17, 15) is 14.7 Å². The quantitative estimate of drug-likeness (QED) is 0.929. The number of urea groups is 1. The van der Waals surface area contributed by atoms with E-state index >= 15 is 0 Å². The molecule has 0 saturated carbocycles. The van der Waals surface area contributed by atoms with E-state index in [1.54, 1.807) is 11.9 Å². The molecule has 2 rings (SSSR count). The molecule has 1 unspecified atom stereocenters. The summed E-state index contributed by atoms with van der Waals surface area (Å²) >= 11 is 0. The molecule has 0 bridgehead atoms. The average molecular weight is 290 g/mol. The van der Waals surface area contributed by atoms with Gasteiger partial charge in [0, 0.05) is 26.1 Å². The first-order valence-corrected chi connectivity index (χ1v) is 7.15. The van der Waals surface area contributed by atoms with Crippen LogP contribution in [0, 0.1) is 0 Å². The molecular formula is C16H22N2O3. The summed E-state index contributed by atoms with van der Waals surface area (Å²) in [7, 11) is 1.55. The van der Waals surface area contributed by atoms with Gasteiger partial charge in [-0.15, -0.1) is 0 Å². The van der Waals surface area contributed by atoms with E-state index < -0.39 is 11.5 Å². The Kier molecular flexibility index (Phi) is 4.21. The predicted octanol–water partition coefficient (Wildman–Crippen LogP) is 2.39. The number of carboxylic acids is 1. The molecule has 1 aromatic rings. The van der Waals surface area contributed by atoms with Gasteiger partial charge in [-0.05, 0) is 25.8 Å².